The summed E-state index contributed by atoms with van der Waals surface area (Å²) < 4.78 is 5.67. The molecule has 5 heteroatoms. The van der Waals surface area contributed by atoms with E-state index in [1.165, 1.54) is 12.3 Å². The van der Waals surface area contributed by atoms with Crippen molar-refractivity contribution >= 4 is 21.9 Å². The molecule has 0 aliphatic carbocycles. The number of esters is 1. The third-order valence-corrected chi connectivity index (χ3v) is 1.86. The topological polar surface area (TPSA) is 59.4 Å². The van der Waals surface area contributed by atoms with Crippen LogP contribution >= 0.6 is 15.9 Å². The number of aromatic nitrogens is 1. The van der Waals surface area contributed by atoms with Gasteiger partial charge < -0.3 is 9.84 Å². The second-order valence-corrected chi connectivity index (χ2v) is 4.94. The number of rotatable bonds is 1. The summed E-state index contributed by atoms with van der Waals surface area (Å²) in [5.41, 5.74) is -0.675. The van der Waals surface area contributed by atoms with Crippen LogP contribution in [0.3, 0.4) is 0 Å². The lowest BCUT2D eigenvalue weighted by Crippen LogP contribution is -2.24. The van der Waals surface area contributed by atoms with Crippen LogP contribution in [0.25, 0.3) is 0 Å². The van der Waals surface area contributed by atoms with E-state index in [4.69, 9.17) is 4.74 Å². The number of hydrogen-bond acceptors (Lipinski definition) is 4. The van der Waals surface area contributed by atoms with Crippen molar-refractivity contribution in [2.75, 3.05) is 0 Å². The minimum absolute atomic E-state index is 0.0758. The van der Waals surface area contributed by atoms with Crippen molar-refractivity contribution in [2.45, 2.75) is 26.4 Å². The first kappa shape index (κ1) is 12.0. The SMILES string of the molecule is CC(C)(C)OC(=O)c1ncc(Br)cc1O. The normalized spacial score (nSPS) is 11.2. The predicted molar refractivity (Wildman–Crippen MR) is 58.8 cm³/mol. The Morgan fingerprint density at radius 2 is 2.13 bits per heavy atom. The Labute approximate surface area is 96.4 Å². The van der Waals surface area contributed by atoms with Gasteiger partial charge in [0.05, 0.1) is 0 Å². The second-order valence-electron chi connectivity index (χ2n) is 4.02. The summed E-state index contributed by atoms with van der Waals surface area (Å²) in [6, 6.07) is 1.40. The zero-order chi connectivity index (χ0) is 11.6. The van der Waals surface area contributed by atoms with Crippen molar-refractivity contribution in [2.24, 2.45) is 0 Å². The Hall–Kier alpha value is -1.10. The van der Waals surface area contributed by atoms with Crippen molar-refractivity contribution in [1.82, 2.24) is 4.98 Å². The van der Waals surface area contributed by atoms with E-state index < -0.39 is 11.6 Å². The average molecular weight is 274 g/mol. The van der Waals surface area contributed by atoms with Crippen molar-refractivity contribution < 1.29 is 14.6 Å². The van der Waals surface area contributed by atoms with E-state index >= 15 is 0 Å². The Balaban J connectivity index is 2.92. The summed E-state index contributed by atoms with van der Waals surface area (Å²) >= 11 is 3.13. The summed E-state index contributed by atoms with van der Waals surface area (Å²) in [5, 5.41) is 9.47. The van der Waals surface area contributed by atoms with Gasteiger partial charge in [-0.05, 0) is 42.8 Å². The quantitative estimate of drug-likeness (QED) is 0.799. The standard InChI is InChI=1S/C10H12BrNO3/c1-10(2,3)15-9(14)8-7(13)4-6(11)5-12-8/h4-5,13H,1-3H3. The first-order chi connectivity index (χ1) is 6.79. The van der Waals surface area contributed by atoms with Gasteiger partial charge in [0.15, 0.2) is 5.69 Å². The van der Waals surface area contributed by atoms with Gasteiger partial charge >= 0.3 is 5.97 Å². The number of nitrogens with zero attached hydrogens (tertiary/aromatic N) is 1. The highest BCUT2D eigenvalue weighted by Gasteiger charge is 2.21. The third-order valence-electron chi connectivity index (χ3n) is 1.43. The molecule has 82 valence electrons. The predicted octanol–water partition coefficient (Wildman–Crippen LogP) is 2.51. The van der Waals surface area contributed by atoms with Crippen LogP contribution in [0.1, 0.15) is 31.3 Å². The highest BCUT2D eigenvalue weighted by Crippen LogP contribution is 2.22. The maximum Gasteiger partial charge on any atom is 0.361 e. The third kappa shape index (κ3) is 3.51. The molecule has 0 aliphatic rings. The van der Waals surface area contributed by atoms with E-state index in [2.05, 4.69) is 20.9 Å². The highest BCUT2D eigenvalue weighted by atomic mass is 79.9. The molecule has 0 unspecified atom stereocenters. The van der Waals surface area contributed by atoms with Crippen LogP contribution in [0, 0.1) is 0 Å². The van der Waals surface area contributed by atoms with Crippen LogP contribution in [0.2, 0.25) is 0 Å². The number of aromatic hydroxyl groups is 1. The van der Waals surface area contributed by atoms with E-state index in [9.17, 15) is 9.90 Å². The maximum absolute atomic E-state index is 11.5. The Bertz CT molecular complexity index is 385. The molecule has 0 amide bonds. The molecule has 1 aromatic rings. The lowest BCUT2D eigenvalue weighted by atomic mass is 10.2. The van der Waals surface area contributed by atoms with Gasteiger partial charge in [-0.15, -0.1) is 0 Å². The van der Waals surface area contributed by atoms with Gasteiger partial charge in [0.1, 0.15) is 11.4 Å². The number of halogens is 1. The molecular weight excluding hydrogens is 262 g/mol. The van der Waals surface area contributed by atoms with Crippen molar-refractivity contribution in [3.8, 4) is 5.75 Å². The van der Waals surface area contributed by atoms with Crippen molar-refractivity contribution in [3.05, 3.63) is 22.4 Å². The molecular formula is C10H12BrNO3. The molecule has 1 rings (SSSR count). The first-order valence-electron chi connectivity index (χ1n) is 4.37. The minimum atomic E-state index is -0.632. The zero-order valence-corrected chi connectivity index (χ0v) is 10.3. The summed E-state index contributed by atoms with van der Waals surface area (Å²) in [6.07, 6.45) is 1.43. The second kappa shape index (κ2) is 4.18. The fraction of sp³-hybridized carbons (Fsp3) is 0.400. The van der Waals surface area contributed by atoms with Crippen molar-refractivity contribution in [3.63, 3.8) is 0 Å². The lowest BCUT2D eigenvalue weighted by Gasteiger charge is -2.19. The molecule has 15 heavy (non-hydrogen) atoms. The van der Waals surface area contributed by atoms with Gasteiger partial charge in [-0.3, -0.25) is 0 Å². The van der Waals surface area contributed by atoms with Gasteiger partial charge in [0, 0.05) is 10.7 Å². The van der Waals surface area contributed by atoms with E-state index in [1.54, 1.807) is 20.8 Å². The van der Waals surface area contributed by atoms with E-state index in [0.29, 0.717) is 4.47 Å². The van der Waals surface area contributed by atoms with E-state index in [-0.39, 0.29) is 11.4 Å². The smallest absolute Gasteiger partial charge is 0.361 e. The minimum Gasteiger partial charge on any atom is -0.505 e. The number of ether oxygens (including phenoxy) is 1. The van der Waals surface area contributed by atoms with Gasteiger partial charge in [-0.25, -0.2) is 9.78 Å². The van der Waals surface area contributed by atoms with Crippen LogP contribution in [-0.4, -0.2) is 21.7 Å². The molecule has 0 atom stereocenters. The molecule has 0 fully saturated rings. The van der Waals surface area contributed by atoms with Crippen molar-refractivity contribution in [1.29, 1.82) is 0 Å². The molecule has 4 nitrogen and oxygen atoms in total. The number of carbonyl (C=O) groups is 1. The summed E-state index contributed by atoms with van der Waals surface area (Å²) in [5.74, 6) is -0.828. The Kier molecular flexibility index (Phi) is 3.34. The highest BCUT2D eigenvalue weighted by molar-refractivity contribution is 9.10. The van der Waals surface area contributed by atoms with Crippen LogP contribution in [-0.2, 0) is 4.74 Å². The summed E-state index contributed by atoms with van der Waals surface area (Å²) in [4.78, 5) is 15.3. The van der Waals surface area contributed by atoms with Gasteiger partial charge in [-0.1, -0.05) is 0 Å². The molecule has 1 N–H and O–H groups in total. The fourth-order valence-corrected chi connectivity index (χ4v) is 1.23. The number of carbonyl (C=O) groups excluding carboxylic acids is 1. The van der Waals surface area contributed by atoms with Crippen LogP contribution in [0.5, 0.6) is 5.75 Å². The molecule has 0 saturated carbocycles. The molecule has 0 radical (unpaired) electrons. The number of pyridine rings is 1. The van der Waals surface area contributed by atoms with E-state index in [0.717, 1.165) is 0 Å². The van der Waals surface area contributed by atoms with Crippen LogP contribution in [0.4, 0.5) is 0 Å². The summed E-state index contributed by atoms with van der Waals surface area (Å²) in [6.45, 7) is 5.25. The zero-order valence-electron chi connectivity index (χ0n) is 8.74. The molecule has 0 aliphatic heterocycles. The van der Waals surface area contributed by atoms with E-state index in [1.807, 2.05) is 0 Å². The maximum atomic E-state index is 11.5. The molecule has 0 spiro atoms. The van der Waals surface area contributed by atoms with Crippen LogP contribution < -0.4 is 0 Å². The van der Waals surface area contributed by atoms with Crippen LogP contribution in [0.15, 0.2) is 16.7 Å². The summed E-state index contributed by atoms with van der Waals surface area (Å²) in [7, 11) is 0. The lowest BCUT2D eigenvalue weighted by molar-refractivity contribution is 0.00598. The monoisotopic (exact) mass is 273 g/mol. The van der Waals surface area contributed by atoms with Gasteiger partial charge in [0.25, 0.3) is 0 Å². The molecule has 0 aromatic carbocycles. The fourth-order valence-electron chi connectivity index (χ4n) is 0.912. The first-order valence-corrected chi connectivity index (χ1v) is 5.17. The Morgan fingerprint density at radius 1 is 1.53 bits per heavy atom. The number of hydrogen-bond donors (Lipinski definition) is 1. The Morgan fingerprint density at radius 3 is 2.60 bits per heavy atom. The molecule has 1 aromatic heterocycles. The molecule has 0 saturated heterocycles. The molecule has 0 bridgehead atoms. The van der Waals surface area contributed by atoms with Gasteiger partial charge in [0.2, 0.25) is 0 Å². The average Bonchev–Trinajstić information content (AvgIpc) is 1.99. The van der Waals surface area contributed by atoms with Gasteiger partial charge in [-0.2, -0.15) is 0 Å². The molecule has 1 heterocycles. The largest absolute Gasteiger partial charge is 0.505 e.